The molecule has 2 heterocycles. The third-order valence-electron chi connectivity index (χ3n) is 2.05. The summed E-state index contributed by atoms with van der Waals surface area (Å²) in [5.74, 6) is 0.0353. The fourth-order valence-electron chi connectivity index (χ4n) is 1.44. The van der Waals surface area contributed by atoms with Crippen molar-refractivity contribution in [1.82, 2.24) is 15.8 Å². The van der Waals surface area contributed by atoms with Crippen molar-refractivity contribution in [3.63, 3.8) is 0 Å². The van der Waals surface area contributed by atoms with Gasteiger partial charge in [0.2, 0.25) is 0 Å². The minimum absolute atomic E-state index is 0.0353. The van der Waals surface area contributed by atoms with Crippen LogP contribution in [0.4, 0.5) is 0 Å². The topological polar surface area (TPSA) is 44.4 Å². The van der Waals surface area contributed by atoms with E-state index < -0.39 is 0 Å². The third kappa shape index (κ3) is 0.903. The predicted molar refractivity (Wildman–Crippen MR) is 40.4 cm³/mol. The molecule has 0 bridgehead atoms. The molecule has 60 valence electrons. The van der Waals surface area contributed by atoms with Crippen molar-refractivity contribution in [3.8, 4) is 0 Å². The van der Waals surface area contributed by atoms with Crippen molar-refractivity contribution >= 4 is 5.91 Å². The molecule has 1 amide bonds. The van der Waals surface area contributed by atoms with E-state index in [1.54, 1.807) is 0 Å². The number of carbonyl (C=O) groups is 1. The van der Waals surface area contributed by atoms with Gasteiger partial charge in [0.05, 0.1) is 6.04 Å². The minimum atomic E-state index is 0.0353. The van der Waals surface area contributed by atoms with Crippen LogP contribution in [-0.2, 0) is 4.79 Å². The summed E-state index contributed by atoms with van der Waals surface area (Å²) in [4.78, 5) is 11.2. The fraction of sp³-hybridized carbons (Fsp3) is 0.571. The van der Waals surface area contributed by atoms with Crippen LogP contribution in [0.1, 0.15) is 6.92 Å². The first kappa shape index (κ1) is 6.67. The second-order valence-corrected chi connectivity index (χ2v) is 2.88. The van der Waals surface area contributed by atoms with Gasteiger partial charge < -0.3 is 5.32 Å². The van der Waals surface area contributed by atoms with Crippen LogP contribution in [-0.4, -0.2) is 30.0 Å². The summed E-state index contributed by atoms with van der Waals surface area (Å²) in [6.07, 6.45) is 1.91. The quantitative estimate of drug-likeness (QED) is 0.479. The van der Waals surface area contributed by atoms with Gasteiger partial charge in [-0.25, -0.2) is 5.43 Å². The Hall–Kier alpha value is -1.03. The Kier molecular flexibility index (Phi) is 1.35. The summed E-state index contributed by atoms with van der Waals surface area (Å²) in [7, 11) is 0. The Morgan fingerprint density at radius 1 is 1.73 bits per heavy atom. The molecule has 0 unspecified atom stereocenters. The van der Waals surface area contributed by atoms with E-state index in [-0.39, 0.29) is 5.91 Å². The minimum Gasteiger partial charge on any atom is -0.349 e. The van der Waals surface area contributed by atoms with Gasteiger partial charge in [0, 0.05) is 13.1 Å². The second-order valence-electron chi connectivity index (χ2n) is 2.88. The summed E-state index contributed by atoms with van der Waals surface area (Å²) in [5.41, 5.74) is 3.89. The van der Waals surface area contributed by atoms with Crippen LogP contribution in [0.15, 0.2) is 11.8 Å². The molecule has 2 N–H and O–H groups in total. The average Bonchev–Trinajstić information content (AvgIpc) is 2.45. The summed E-state index contributed by atoms with van der Waals surface area (Å²) < 4.78 is 0. The zero-order chi connectivity index (χ0) is 7.84. The highest BCUT2D eigenvalue weighted by molar-refractivity contribution is 5.93. The Balaban J connectivity index is 2.24. The van der Waals surface area contributed by atoms with Gasteiger partial charge in [-0.1, -0.05) is 0 Å². The number of carbonyl (C=O) groups excluding carboxylic acids is 1. The highest BCUT2D eigenvalue weighted by Crippen LogP contribution is 2.14. The van der Waals surface area contributed by atoms with Crippen LogP contribution in [0.2, 0.25) is 0 Å². The van der Waals surface area contributed by atoms with Crippen LogP contribution in [0.25, 0.3) is 0 Å². The predicted octanol–water partition coefficient (Wildman–Crippen LogP) is -0.791. The molecule has 2 aliphatic rings. The molecule has 4 nitrogen and oxygen atoms in total. The number of rotatable bonds is 0. The van der Waals surface area contributed by atoms with Crippen LogP contribution in [0, 0.1) is 0 Å². The number of hydrogen-bond acceptors (Lipinski definition) is 3. The fourth-order valence-corrected chi connectivity index (χ4v) is 1.44. The SMILES string of the molecule is C[C@H]1CNC(=O)C2=CCNN21. The van der Waals surface area contributed by atoms with E-state index in [1.165, 1.54) is 0 Å². The van der Waals surface area contributed by atoms with Crippen molar-refractivity contribution in [1.29, 1.82) is 0 Å². The van der Waals surface area contributed by atoms with Crippen LogP contribution < -0.4 is 10.7 Å². The van der Waals surface area contributed by atoms with Gasteiger partial charge in [0.15, 0.2) is 0 Å². The van der Waals surface area contributed by atoms with Crippen molar-refractivity contribution in [2.24, 2.45) is 0 Å². The van der Waals surface area contributed by atoms with E-state index >= 15 is 0 Å². The largest absolute Gasteiger partial charge is 0.349 e. The normalized spacial score (nSPS) is 29.5. The van der Waals surface area contributed by atoms with Gasteiger partial charge in [-0.15, -0.1) is 0 Å². The number of hydrazine groups is 1. The number of fused-ring (bicyclic) bond motifs is 1. The molecule has 0 spiro atoms. The summed E-state index contributed by atoms with van der Waals surface area (Å²) in [6.45, 7) is 3.57. The molecule has 11 heavy (non-hydrogen) atoms. The lowest BCUT2D eigenvalue weighted by molar-refractivity contribution is -0.121. The van der Waals surface area contributed by atoms with E-state index in [1.807, 2.05) is 11.1 Å². The Morgan fingerprint density at radius 2 is 2.55 bits per heavy atom. The van der Waals surface area contributed by atoms with E-state index in [0.29, 0.717) is 6.04 Å². The number of nitrogens with zero attached hydrogens (tertiary/aromatic N) is 1. The Morgan fingerprint density at radius 3 is 3.27 bits per heavy atom. The molecule has 2 rings (SSSR count). The summed E-state index contributed by atoms with van der Waals surface area (Å²) in [5, 5.41) is 4.74. The molecule has 2 aliphatic heterocycles. The molecule has 0 aromatic carbocycles. The van der Waals surface area contributed by atoms with Gasteiger partial charge in [-0.3, -0.25) is 9.80 Å². The summed E-state index contributed by atoms with van der Waals surface area (Å²) in [6, 6.07) is 0.362. The lowest BCUT2D eigenvalue weighted by Gasteiger charge is -2.33. The van der Waals surface area contributed by atoms with Crippen LogP contribution >= 0.6 is 0 Å². The van der Waals surface area contributed by atoms with Gasteiger partial charge in [0.25, 0.3) is 5.91 Å². The standard InChI is InChI=1S/C7H11N3O/c1-5-4-8-7(11)6-2-3-9-10(5)6/h2,5,9H,3-4H2,1H3,(H,8,11)/t5-/m0/s1. The van der Waals surface area contributed by atoms with E-state index in [4.69, 9.17) is 0 Å². The third-order valence-corrected chi connectivity index (χ3v) is 2.05. The van der Waals surface area contributed by atoms with Gasteiger partial charge >= 0.3 is 0 Å². The lowest BCUT2D eigenvalue weighted by atomic mass is 10.2. The highest BCUT2D eigenvalue weighted by Gasteiger charge is 2.29. The first-order valence-corrected chi connectivity index (χ1v) is 3.80. The van der Waals surface area contributed by atoms with E-state index in [9.17, 15) is 4.79 Å². The molecule has 0 aliphatic carbocycles. The van der Waals surface area contributed by atoms with Crippen molar-refractivity contribution in [2.45, 2.75) is 13.0 Å². The molecule has 1 atom stereocenters. The molecular formula is C7H11N3O. The first-order chi connectivity index (χ1) is 5.29. The van der Waals surface area contributed by atoms with Gasteiger partial charge in [0.1, 0.15) is 5.70 Å². The smallest absolute Gasteiger partial charge is 0.268 e. The molecule has 0 radical (unpaired) electrons. The molecule has 0 aromatic heterocycles. The zero-order valence-corrected chi connectivity index (χ0v) is 6.42. The van der Waals surface area contributed by atoms with Crippen LogP contribution in [0.3, 0.4) is 0 Å². The Bertz CT molecular complexity index is 224. The molecule has 0 saturated carbocycles. The van der Waals surface area contributed by atoms with Gasteiger partial charge in [-0.2, -0.15) is 0 Å². The average molecular weight is 153 g/mol. The van der Waals surface area contributed by atoms with Crippen molar-refractivity contribution in [3.05, 3.63) is 11.8 Å². The maximum atomic E-state index is 11.2. The molecular weight excluding hydrogens is 142 g/mol. The second kappa shape index (κ2) is 2.23. The molecule has 1 fully saturated rings. The highest BCUT2D eigenvalue weighted by atomic mass is 16.2. The van der Waals surface area contributed by atoms with Crippen molar-refractivity contribution < 1.29 is 4.79 Å². The maximum absolute atomic E-state index is 11.2. The number of hydrogen-bond donors (Lipinski definition) is 2. The first-order valence-electron chi connectivity index (χ1n) is 3.80. The lowest BCUT2D eigenvalue weighted by Crippen LogP contribution is -2.53. The maximum Gasteiger partial charge on any atom is 0.268 e. The number of nitrogens with one attached hydrogen (secondary N) is 2. The van der Waals surface area contributed by atoms with E-state index in [0.717, 1.165) is 18.8 Å². The molecule has 1 saturated heterocycles. The van der Waals surface area contributed by atoms with Gasteiger partial charge in [-0.05, 0) is 13.0 Å². The monoisotopic (exact) mass is 153 g/mol. The van der Waals surface area contributed by atoms with Crippen molar-refractivity contribution in [2.75, 3.05) is 13.1 Å². The molecule has 0 aromatic rings. The summed E-state index contributed by atoms with van der Waals surface area (Å²) >= 11 is 0. The molecule has 4 heteroatoms. The van der Waals surface area contributed by atoms with Crippen LogP contribution in [0.5, 0.6) is 0 Å². The zero-order valence-electron chi connectivity index (χ0n) is 6.42. The van der Waals surface area contributed by atoms with E-state index in [2.05, 4.69) is 17.7 Å². The number of amides is 1. The number of piperazine rings is 1. The Labute approximate surface area is 65.2 Å².